The monoisotopic (exact) mass is 662 g/mol. The topological polar surface area (TPSA) is 90.6 Å². The maximum Gasteiger partial charge on any atom is 0.251 e. The number of benzene rings is 3. The molecule has 3 N–H and O–H groups in total. The Morgan fingerprint density at radius 3 is 2.55 bits per heavy atom. The Hall–Kier alpha value is -4.07. The van der Waals surface area contributed by atoms with Gasteiger partial charge in [-0.2, -0.15) is 0 Å². The number of hydrogen-bond acceptors (Lipinski definition) is 6. The van der Waals surface area contributed by atoms with Crippen molar-refractivity contribution < 1.29 is 23.1 Å². The number of nitrogens with zero attached hydrogens (tertiary/aromatic N) is 2. The molecule has 4 aromatic rings. The number of carbonyl (C=O) groups excluding carboxylic acids is 1. The van der Waals surface area contributed by atoms with Crippen LogP contribution in [0.15, 0.2) is 77.5 Å². The third kappa shape index (κ3) is 9.49. The fourth-order valence-electron chi connectivity index (χ4n) is 5.78. The highest BCUT2D eigenvalue weighted by molar-refractivity contribution is 5.95. The molecule has 0 bridgehead atoms. The number of aliphatic hydroxyl groups excluding tert-OH is 1. The van der Waals surface area contributed by atoms with Crippen molar-refractivity contribution in [1.82, 2.24) is 20.5 Å². The Morgan fingerprint density at radius 1 is 1.13 bits per heavy atom. The van der Waals surface area contributed by atoms with Crippen molar-refractivity contribution in [2.45, 2.75) is 63.3 Å². The standard InChI is InChI=1S/C37H40F2N4O3.ClH/c1-4-6-13-43(3)24-27-15-28(21-29(16-27)36-40-12-14-46-36)35(45)42-33(20-26-18-31(38)22-32(39)19-26)34(44)23-41-37(10-11-37)30-9-7-8-25(5-2)17-30;/h2,7-9,12,14-19,21-22,33-34,41,44H,4,6,10-11,13,20,23-24H2,1,3H3,(H,42,45);1H/t33-,34+;/m0./s1. The van der Waals surface area contributed by atoms with E-state index in [-0.39, 0.29) is 30.9 Å². The number of nitrogens with one attached hydrogen (secondary N) is 2. The molecule has 5 rings (SSSR count). The van der Waals surface area contributed by atoms with E-state index in [1.54, 1.807) is 12.3 Å². The number of halogens is 3. The average molecular weight is 663 g/mol. The zero-order valence-corrected chi connectivity index (χ0v) is 27.5. The summed E-state index contributed by atoms with van der Waals surface area (Å²) >= 11 is 0. The minimum atomic E-state index is -1.09. The molecule has 47 heavy (non-hydrogen) atoms. The largest absolute Gasteiger partial charge is 0.445 e. The first kappa shape index (κ1) is 35.8. The van der Waals surface area contributed by atoms with Gasteiger partial charge in [0.2, 0.25) is 5.89 Å². The Balaban J connectivity index is 0.00000500. The van der Waals surface area contributed by atoms with Gasteiger partial charge in [0.15, 0.2) is 0 Å². The molecule has 0 aliphatic heterocycles. The third-order valence-corrected chi connectivity index (χ3v) is 8.42. The van der Waals surface area contributed by atoms with Gasteiger partial charge in [0.1, 0.15) is 17.9 Å². The number of terminal acetylenes is 1. The second kappa shape index (κ2) is 16.2. The first-order chi connectivity index (χ1) is 22.2. The van der Waals surface area contributed by atoms with E-state index in [1.165, 1.54) is 18.4 Å². The zero-order chi connectivity index (χ0) is 32.7. The van der Waals surface area contributed by atoms with Gasteiger partial charge in [0.05, 0.1) is 18.3 Å². The number of aromatic nitrogens is 1. The van der Waals surface area contributed by atoms with Crippen molar-refractivity contribution in [3.05, 3.63) is 113 Å². The molecule has 1 heterocycles. The molecule has 248 valence electrons. The number of oxazole rings is 1. The van der Waals surface area contributed by atoms with Crippen LogP contribution in [0, 0.1) is 24.0 Å². The first-order valence-corrected chi connectivity index (χ1v) is 15.7. The van der Waals surface area contributed by atoms with E-state index in [0.29, 0.717) is 29.1 Å². The number of carbonyl (C=O) groups is 1. The molecule has 0 saturated heterocycles. The maximum absolute atomic E-state index is 14.1. The molecule has 1 fully saturated rings. The summed E-state index contributed by atoms with van der Waals surface area (Å²) in [5.41, 5.74) is 3.68. The van der Waals surface area contributed by atoms with Crippen LogP contribution in [0.2, 0.25) is 0 Å². The molecule has 1 amide bonds. The van der Waals surface area contributed by atoms with Gasteiger partial charge in [-0.1, -0.05) is 31.4 Å². The van der Waals surface area contributed by atoms with Crippen LogP contribution in [0.5, 0.6) is 0 Å². The van der Waals surface area contributed by atoms with E-state index in [1.807, 2.05) is 43.4 Å². The number of amides is 1. The van der Waals surface area contributed by atoms with Crippen molar-refractivity contribution in [3.63, 3.8) is 0 Å². The van der Waals surface area contributed by atoms with Crippen LogP contribution < -0.4 is 10.6 Å². The lowest BCUT2D eigenvalue weighted by atomic mass is 9.98. The van der Waals surface area contributed by atoms with E-state index in [2.05, 4.69) is 33.4 Å². The molecule has 1 aliphatic carbocycles. The van der Waals surface area contributed by atoms with Crippen LogP contribution in [0.1, 0.15) is 65.2 Å². The minimum absolute atomic E-state index is 0. The predicted octanol–water partition coefficient (Wildman–Crippen LogP) is 6.24. The quantitative estimate of drug-likeness (QED) is 0.131. The van der Waals surface area contributed by atoms with Gasteiger partial charge in [-0.25, -0.2) is 13.8 Å². The third-order valence-electron chi connectivity index (χ3n) is 8.42. The Morgan fingerprint density at radius 2 is 1.89 bits per heavy atom. The van der Waals surface area contributed by atoms with Crippen LogP contribution in [0.4, 0.5) is 8.78 Å². The van der Waals surface area contributed by atoms with Crippen LogP contribution >= 0.6 is 12.4 Å². The second-order valence-electron chi connectivity index (χ2n) is 12.2. The van der Waals surface area contributed by atoms with Crippen molar-refractivity contribution in [3.8, 4) is 23.8 Å². The van der Waals surface area contributed by atoms with Crippen molar-refractivity contribution >= 4 is 18.3 Å². The molecular formula is C37H41ClF2N4O3. The van der Waals surface area contributed by atoms with Gasteiger partial charge in [-0.3, -0.25) is 4.79 Å². The minimum Gasteiger partial charge on any atom is -0.445 e. The van der Waals surface area contributed by atoms with Gasteiger partial charge >= 0.3 is 0 Å². The van der Waals surface area contributed by atoms with Gasteiger partial charge in [0.25, 0.3) is 5.91 Å². The van der Waals surface area contributed by atoms with E-state index in [9.17, 15) is 18.7 Å². The van der Waals surface area contributed by atoms with Crippen LogP contribution in [0.25, 0.3) is 11.5 Å². The maximum atomic E-state index is 14.1. The Bertz CT molecular complexity index is 1670. The molecule has 0 spiro atoms. The lowest BCUT2D eigenvalue weighted by Gasteiger charge is -2.27. The van der Waals surface area contributed by atoms with Gasteiger partial charge < -0.3 is 25.1 Å². The smallest absolute Gasteiger partial charge is 0.251 e. The number of unbranched alkanes of at least 4 members (excludes halogenated alkanes) is 1. The van der Waals surface area contributed by atoms with E-state index >= 15 is 0 Å². The molecule has 3 aromatic carbocycles. The molecule has 1 saturated carbocycles. The summed E-state index contributed by atoms with van der Waals surface area (Å²) in [7, 11) is 2.03. The van der Waals surface area contributed by atoms with Gasteiger partial charge in [-0.05, 0) is 98.4 Å². The van der Waals surface area contributed by atoms with E-state index in [0.717, 1.165) is 55.0 Å². The van der Waals surface area contributed by atoms with Crippen molar-refractivity contribution in [2.24, 2.45) is 0 Å². The van der Waals surface area contributed by atoms with Crippen LogP contribution in [0.3, 0.4) is 0 Å². The van der Waals surface area contributed by atoms with Crippen molar-refractivity contribution in [1.29, 1.82) is 0 Å². The Kier molecular flexibility index (Phi) is 12.3. The summed E-state index contributed by atoms with van der Waals surface area (Å²) < 4.78 is 33.8. The summed E-state index contributed by atoms with van der Waals surface area (Å²) in [5, 5.41) is 17.9. The molecular weight excluding hydrogens is 622 g/mol. The lowest BCUT2D eigenvalue weighted by Crippen LogP contribution is -2.50. The molecule has 10 heteroatoms. The summed E-state index contributed by atoms with van der Waals surface area (Å²) in [6.07, 6.45) is 11.4. The first-order valence-electron chi connectivity index (χ1n) is 15.7. The highest BCUT2D eigenvalue weighted by atomic mass is 35.5. The molecule has 2 atom stereocenters. The Labute approximate surface area is 281 Å². The summed E-state index contributed by atoms with van der Waals surface area (Å²) in [4.78, 5) is 20.3. The molecule has 1 aromatic heterocycles. The van der Waals surface area contributed by atoms with E-state index < -0.39 is 29.7 Å². The highest BCUT2D eigenvalue weighted by Gasteiger charge is 2.44. The van der Waals surface area contributed by atoms with Crippen molar-refractivity contribution in [2.75, 3.05) is 20.1 Å². The van der Waals surface area contributed by atoms with E-state index in [4.69, 9.17) is 10.8 Å². The molecule has 7 nitrogen and oxygen atoms in total. The van der Waals surface area contributed by atoms with Gasteiger partial charge in [0, 0.05) is 41.4 Å². The fraction of sp³-hybridized carbons (Fsp3) is 0.351. The highest BCUT2D eigenvalue weighted by Crippen LogP contribution is 2.45. The summed E-state index contributed by atoms with van der Waals surface area (Å²) in [5.74, 6) is 1.15. The van der Waals surface area contributed by atoms with Gasteiger partial charge in [-0.15, -0.1) is 18.8 Å². The lowest BCUT2D eigenvalue weighted by molar-refractivity contribution is 0.0822. The zero-order valence-electron chi connectivity index (χ0n) is 26.6. The average Bonchev–Trinajstić information content (AvgIpc) is 3.63. The fourth-order valence-corrected chi connectivity index (χ4v) is 5.78. The van der Waals surface area contributed by atoms with Crippen LogP contribution in [-0.2, 0) is 18.5 Å². The molecule has 0 unspecified atom stereocenters. The predicted molar refractivity (Wildman–Crippen MR) is 181 cm³/mol. The normalized spacial score (nSPS) is 14.6. The number of rotatable bonds is 15. The SMILES string of the molecule is C#Cc1cccc(C2(NC[C@@H](O)[C@H](Cc3cc(F)cc(F)c3)NC(=O)c3cc(CN(C)CCCC)cc(-c4ncco4)c3)CC2)c1.Cl. The summed E-state index contributed by atoms with van der Waals surface area (Å²) in [6, 6.07) is 15.5. The molecule has 0 radical (unpaired) electrons. The second-order valence-corrected chi connectivity index (χ2v) is 12.2. The number of aliphatic hydroxyl groups is 1. The summed E-state index contributed by atoms with van der Waals surface area (Å²) in [6.45, 7) is 3.78. The van der Waals surface area contributed by atoms with Crippen LogP contribution in [-0.4, -0.2) is 53.2 Å². The number of hydrogen-bond donors (Lipinski definition) is 3. The molecule has 1 aliphatic rings.